The summed E-state index contributed by atoms with van der Waals surface area (Å²) in [6, 6.07) is 0. The molecule has 0 aromatic rings. The summed E-state index contributed by atoms with van der Waals surface area (Å²) in [7, 11) is 0. The van der Waals surface area contributed by atoms with Gasteiger partial charge < -0.3 is 15.7 Å². The van der Waals surface area contributed by atoms with E-state index in [0.29, 0.717) is 25.9 Å². The zero-order chi connectivity index (χ0) is 11.5. The first-order valence-electron chi connectivity index (χ1n) is 5.27. The van der Waals surface area contributed by atoms with Gasteiger partial charge in [0.05, 0.1) is 12.0 Å². The van der Waals surface area contributed by atoms with E-state index in [1.54, 1.807) is 4.90 Å². The lowest BCUT2D eigenvalue weighted by Crippen LogP contribution is -2.39. The zero-order valence-corrected chi connectivity index (χ0v) is 9.03. The highest BCUT2D eigenvalue weighted by Gasteiger charge is 2.44. The summed E-state index contributed by atoms with van der Waals surface area (Å²) >= 11 is 0. The number of carbonyl (C=O) groups excluding carboxylic acids is 1. The van der Waals surface area contributed by atoms with E-state index in [-0.39, 0.29) is 12.5 Å². The van der Waals surface area contributed by atoms with Crippen molar-refractivity contribution in [3.05, 3.63) is 0 Å². The molecule has 1 atom stereocenters. The van der Waals surface area contributed by atoms with Crippen molar-refractivity contribution in [1.82, 2.24) is 4.90 Å². The van der Waals surface area contributed by atoms with Crippen molar-refractivity contribution < 1.29 is 14.7 Å². The Kier molecular flexibility index (Phi) is 3.68. The molecule has 86 valence electrons. The van der Waals surface area contributed by atoms with Gasteiger partial charge in [-0.3, -0.25) is 9.59 Å². The summed E-state index contributed by atoms with van der Waals surface area (Å²) < 4.78 is 0. The quantitative estimate of drug-likeness (QED) is 0.692. The van der Waals surface area contributed by atoms with Crippen molar-refractivity contribution in [3.8, 4) is 0 Å². The highest BCUT2D eigenvalue weighted by molar-refractivity contribution is 5.81. The number of carbonyl (C=O) groups is 2. The molecule has 0 aliphatic carbocycles. The van der Waals surface area contributed by atoms with Gasteiger partial charge in [-0.15, -0.1) is 0 Å². The Morgan fingerprint density at radius 3 is 2.67 bits per heavy atom. The van der Waals surface area contributed by atoms with Crippen LogP contribution in [0.2, 0.25) is 0 Å². The summed E-state index contributed by atoms with van der Waals surface area (Å²) in [4.78, 5) is 24.1. The Morgan fingerprint density at radius 2 is 2.20 bits per heavy atom. The van der Waals surface area contributed by atoms with Gasteiger partial charge in [-0.1, -0.05) is 13.3 Å². The van der Waals surface area contributed by atoms with E-state index in [2.05, 4.69) is 0 Å². The summed E-state index contributed by atoms with van der Waals surface area (Å²) in [5.41, 5.74) is 4.52. The average molecular weight is 214 g/mol. The van der Waals surface area contributed by atoms with Crippen LogP contribution in [0.15, 0.2) is 0 Å². The van der Waals surface area contributed by atoms with Crippen LogP contribution in [-0.2, 0) is 9.59 Å². The van der Waals surface area contributed by atoms with Crippen molar-refractivity contribution >= 4 is 11.9 Å². The maximum absolute atomic E-state index is 11.3. The Bertz CT molecular complexity index is 267. The van der Waals surface area contributed by atoms with Crippen molar-refractivity contribution in [1.29, 1.82) is 0 Å². The first-order valence-corrected chi connectivity index (χ1v) is 5.27. The van der Waals surface area contributed by atoms with E-state index in [1.807, 2.05) is 6.92 Å². The van der Waals surface area contributed by atoms with Crippen molar-refractivity contribution in [3.63, 3.8) is 0 Å². The minimum absolute atomic E-state index is 0.0399. The predicted molar refractivity (Wildman–Crippen MR) is 55.2 cm³/mol. The second-order valence-electron chi connectivity index (χ2n) is 4.10. The fraction of sp³-hybridized carbons (Fsp3) is 0.800. The van der Waals surface area contributed by atoms with Gasteiger partial charge in [0.15, 0.2) is 0 Å². The number of hydrogen-bond donors (Lipinski definition) is 2. The maximum Gasteiger partial charge on any atom is 0.311 e. The summed E-state index contributed by atoms with van der Waals surface area (Å²) in [6.45, 7) is 2.74. The number of hydrogen-bond acceptors (Lipinski definition) is 3. The molecule has 5 heteroatoms. The summed E-state index contributed by atoms with van der Waals surface area (Å²) in [6.07, 6.45) is 1.98. The second kappa shape index (κ2) is 4.61. The number of carboxylic acids is 1. The lowest BCUT2D eigenvalue weighted by Gasteiger charge is -2.23. The molecular weight excluding hydrogens is 196 g/mol. The van der Waals surface area contributed by atoms with E-state index in [4.69, 9.17) is 5.73 Å². The van der Waals surface area contributed by atoms with Crippen molar-refractivity contribution in [2.75, 3.05) is 19.6 Å². The third kappa shape index (κ3) is 2.28. The monoisotopic (exact) mass is 214 g/mol. The second-order valence-corrected chi connectivity index (χ2v) is 4.10. The van der Waals surface area contributed by atoms with Crippen LogP contribution in [0.25, 0.3) is 0 Å². The number of nitrogens with two attached hydrogens (primary N) is 1. The van der Waals surface area contributed by atoms with Gasteiger partial charge in [0.1, 0.15) is 0 Å². The Balaban J connectivity index is 2.72. The minimum atomic E-state index is -0.795. The molecule has 1 aliphatic heterocycles. The molecule has 0 spiro atoms. The summed E-state index contributed by atoms with van der Waals surface area (Å²) in [5.74, 6) is -0.953. The van der Waals surface area contributed by atoms with Crippen LogP contribution in [0.4, 0.5) is 0 Å². The standard InChI is InChI=1S/C10H18N2O3/c1-2-3-10(9(14)15)4-5-12(7-10)8(13)6-11/h2-7,11H2,1H3,(H,14,15). The van der Waals surface area contributed by atoms with Crippen molar-refractivity contribution in [2.24, 2.45) is 11.1 Å². The number of likely N-dealkylation sites (tertiary alicyclic amines) is 1. The third-order valence-electron chi connectivity index (χ3n) is 3.06. The van der Waals surface area contributed by atoms with E-state index in [1.165, 1.54) is 0 Å². The summed E-state index contributed by atoms with van der Waals surface area (Å²) in [5, 5.41) is 9.20. The first kappa shape index (κ1) is 12.0. The van der Waals surface area contributed by atoms with Gasteiger partial charge in [-0.05, 0) is 12.8 Å². The fourth-order valence-electron chi connectivity index (χ4n) is 2.18. The molecule has 1 unspecified atom stereocenters. The predicted octanol–water partition coefficient (Wildman–Crippen LogP) is 0.0485. The molecule has 0 bridgehead atoms. The van der Waals surface area contributed by atoms with Crippen molar-refractivity contribution in [2.45, 2.75) is 26.2 Å². The third-order valence-corrected chi connectivity index (χ3v) is 3.06. The van der Waals surface area contributed by atoms with Gasteiger partial charge in [-0.2, -0.15) is 0 Å². The van der Waals surface area contributed by atoms with Gasteiger partial charge in [-0.25, -0.2) is 0 Å². The lowest BCUT2D eigenvalue weighted by molar-refractivity contribution is -0.149. The number of nitrogens with zero attached hydrogens (tertiary/aromatic N) is 1. The minimum Gasteiger partial charge on any atom is -0.481 e. The van der Waals surface area contributed by atoms with Gasteiger partial charge in [0.2, 0.25) is 5.91 Å². The zero-order valence-electron chi connectivity index (χ0n) is 9.03. The Morgan fingerprint density at radius 1 is 1.53 bits per heavy atom. The number of carboxylic acid groups (broad SMARTS) is 1. The molecule has 0 saturated carbocycles. The number of amides is 1. The van der Waals surface area contributed by atoms with Crippen LogP contribution in [0.1, 0.15) is 26.2 Å². The molecular formula is C10H18N2O3. The normalized spacial score (nSPS) is 25.6. The van der Waals surface area contributed by atoms with Gasteiger partial charge in [0.25, 0.3) is 0 Å². The molecule has 1 rings (SSSR count). The van der Waals surface area contributed by atoms with Crippen LogP contribution < -0.4 is 5.73 Å². The smallest absolute Gasteiger partial charge is 0.311 e. The molecule has 0 aromatic carbocycles. The molecule has 3 N–H and O–H groups in total. The number of rotatable bonds is 4. The topological polar surface area (TPSA) is 83.6 Å². The SMILES string of the molecule is CCCC1(C(=O)O)CCN(C(=O)CN)C1. The molecule has 5 nitrogen and oxygen atoms in total. The Hall–Kier alpha value is -1.10. The fourth-order valence-corrected chi connectivity index (χ4v) is 2.18. The molecule has 15 heavy (non-hydrogen) atoms. The number of aliphatic carboxylic acids is 1. The molecule has 1 saturated heterocycles. The molecule has 1 heterocycles. The van der Waals surface area contributed by atoms with Crippen LogP contribution in [0, 0.1) is 5.41 Å². The highest BCUT2D eigenvalue weighted by Crippen LogP contribution is 2.35. The molecule has 1 aliphatic rings. The first-order chi connectivity index (χ1) is 7.05. The van der Waals surface area contributed by atoms with Crippen LogP contribution >= 0.6 is 0 Å². The van der Waals surface area contributed by atoms with Crippen LogP contribution in [0.3, 0.4) is 0 Å². The lowest BCUT2D eigenvalue weighted by atomic mass is 9.83. The molecule has 1 amide bonds. The van der Waals surface area contributed by atoms with Gasteiger partial charge in [0, 0.05) is 13.1 Å². The molecule has 0 radical (unpaired) electrons. The van der Waals surface area contributed by atoms with Gasteiger partial charge >= 0.3 is 5.97 Å². The van der Waals surface area contributed by atoms with Crippen LogP contribution in [0.5, 0.6) is 0 Å². The largest absolute Gasteiger partial charge is 0.481 e. The molecule has 1 fully saturated rings. The van der Waals surface area contributed by atoms with E-state index in [9.17, 15) is 14.7 Å². The van der Waals surface area contributed by atoms with Crippen LogP contribution in [-0.4, -0.2) is 41.5 Å². The molecule has 0 aromatic heterocycles. The van der Waals surface area contributed by atoms with E-state index < -0.39 is 11.4 Å². The average Bonchev–Trinajstić information content (AvgIpc) is 2.63. The van der Waals surface area contributed by atoms with E-state index in [0.717, 1.165) is 6.42 Å². The van der Waals surface area contributed by atoms with E-state index >= 15 is 0 Å². The Labute approximate surface area is 89.2 Å². The highest BCUT2D eigenvalue weighted by atomic mass is 16.4. The maximum atomic E-state index is 11.3.